The third-order valence-corrected chi connectivity index (χ3v) is 3.74. The molecule has 0 heterocycles. The lowest BCUT2D eigenvalue weighted by Crippen LogP contribution is -2.00. The second-order valence-corrected chi connectivity index (χ2v) is 5.68. The van der Waals surface area contributed by atoms with Gasteiger partial charge in [-0.25, -0.2) is 0 Å². The molecule has 106 valence electrons. The van der Waals surface area contributed by atoms with E-state index in [1.165, 1.54) is 0 Å². The number of unbranched alkanes of at least 4 members (excludes halogenated alkanes) is 2. The van der Waals surface area contributed by atoms with Gasteiger partial charge in [-0.1, -0.05) is 0 Å². The van der Waals surface area contributed by atoms with Crippen LogP contribution in [0.15, 0.2) is 21.1 Å². The Morgan fingerprint density at radius 3 is 2.42 bits per heavy atom. The van der Waals surface area contributed by atoms with Gasteiger partial charge in [0.25, 0.3) is 0 Å². The molecule has 0 aliphatic heterocycles. The van der Waals surface area contributed by atoms with E-state index in [1.54, 1.807) is 7.11 Å². The number of halogens is 2. The van der Waals surface area contributed by atoms with E-state index >= 15 is 0 Å². The number of carboxylic acids is 1. The Bertz CT molecular complexity index is 435. The van der Waals surface area contributed by atoms with Gasteiger partial charge >= 0.3 is 5.97 Å². The Balaban J connectivity index is 2.37. The van der Waals surface area contributed by atoms with E-state index in [4.69, 9.17) is 14.6 Å². The summed E-state index contributed by atoms with van der Waals surface area (Å²) in [5.74, 6) is 0.731. The molecule has 0 atom stereocenters. The molecule has 0 amide bonds. The van der Waals surface area contributed by atoms with Gasteiger partial charge < -0.3 is 14.6 Å². The molecule has 0 fully saturated rings. The summed E-state index contributed by atoms with van der Waals surface area (Å²) in [5.41, 5.74) is 0. The van der Waals surface area contributed by atoms with Crippen molar-refractivity contribution >= 4 is 37.8 Å². The van der Waals surface area contributed by atoms with Gasteiger partial charge in [-0.2, -0.15) is 0 Å². The van der Waals surface area contributed by atoms with Crippen LogP contribution in [0.3, 0.4) is 0 Å². The molecule has 0 aromatic heterocycles. The number of ether oxygens (including phenoxy) is 2. The zero-order chi connectivity index (χ0) is 14.3. The van der Waals surface area contributed by atoms with E-state index in [0.29, 0.717) is 13.0 Å². The fourth-order valence-corrected chi connectivity index (χ4v) is 2.44. The molecule has 0 bridgehead atoms. The molecule has 0 saturated heterocycles. The summed E-state index contributed by atoms with van der Waals surface area (Å²) in [6.45, 7) is 0.566. The van der Waals surface area contributed by atoms with Gasteiger partial charge in [-0.15, -0.1) is 0 Å². The highest BCUT2D eigenvalue weighted by Crippen LogP contribution is 2.36. The Kier molecular flexibility index (Phi) is 7.23. The number of methoxy groups -OCH3 is 1. The second kappa shape index (κ2) is 8.43. The average molecular weight is 396 g/mol. The summed E-state index contributed by atoms with van der Waals surface area (Å²) < 4.78 is 12.5. The van der Waals surface area contributed by atoms with Crippen molar-refractivity contribution in [2.45, 2.75) is 25.7 Å². The van der Waals surface area contributed by atoms with E-state index in [0.717, 1.165) is 33.3 Å². The van der Waals surface area contributed by atoms with Crippen molar-refractivity contribution in [3.05, 3.63) is 21.1 Å². The summed E-state index contributed by atoms with van der Waals surface area (Å²) in [4.78, 5) is 10.3. The zero-order valence-electron chi connectivity index (χ0n) is 10.6. The molecule has 0 unspecified atom stereocenters. The zero-order valence-corrected chi connectivity index (χ0v) is 13.8. The van der Waals surface area contributed by atoms with Crippen molar-refractivity contribution in [3.63, 3.8) is 0 Å². The number of hydrogen-bond donors (Lipinski definition) is 1. The fourth-order valence-electron chi connectivity index (χ4n) is 1.51. The van der Waals surface area contributed by atoms with Crippen LogP contribution in [0, 0.1) is 0 Å². The number of benzene rings is 1. The summed E-state index contributed by atoms with van der Waals surface area (Å²) in [6, 6.07) is 3.68. The van der Waals surface area contributed by atoms with Crippen LogP contribution in [0.5, 0.6) is 11.5 Å². The Hall–Kier alpha value is -0.750. The lowest BCUT2D eigenvalue weighted by molar-refractivity contribution is -0.137. The highest BCUT2D eigenvalue weighted by atomic mass is 79.9. The first kappa shape index (κ1) is 16.3. The van der Waals surface area contributed by atoms with Gasteiger partial charge in [0.2, 0.25) is 0 Å². The SMILES string of the molecule is COc1cc(Br)c(OCCCCCC(=O)O)cc1Br. The number of hydrogen-bond acceptors (Lipinski definition) is 3. The van der Waals surface area contributed by atoms with Gasteiger partial charge in [0.1, 0.15) is 11.5 Å². The highest BCUT2D eigenvalue weighted by molar-refractivity contribution is 9.11. The molecular weight excluding hydrogens is 380 g/mol. The summed E-state index contributed by atoms with van der Waals surface area (Å²) in [5, 5.41) is 8.51. The molecule has 0 aliphatic carbocycles. The highest BCUT2D eigenvalue weighted by Gasteiger charge is 2.08. The van der Waals surface area contributed by atoms with Crippen LogP contribution in [0.1, 0.15) is 25.7 Å². The van der Waals surface area contributed by atoms with Gasteiger partial charge in [0, 0.05) is 6.42 Å². The van der Waals surface area contributed by atoms with Crippen molar-refractivity contribution in [2.75, 3.05) is 13.7 Å². The molecule has 1 aromatic rings. The first-order valence-electron chi connectivity index (χ1n) is 5.92. The minimum atomic E-state index is -0.747. The van der Waals surface area contributed by atoms with Crippen LogP contribution in [0.2, 0.25) is 0 Å². The van der Waals surface area contributed by atoms with Crippen molar-refractivity contribution in [1.29, 1.82) is 0 Å². The third-order valence-electron chi connectivity index (χ3n) is 2.50. The van der Waals surface area contributed by atoms with Gasteiger partial charge in [0.05, 0.1) is 22.7 Å². The van der Waals surface area contributed by atoms with Gasteiger partial charge in [-0.05, 0) is 63.3 Å². The maximum Gasteiger partial charge on any atom is 0.303 e. The molecule has 1 aromatic carbocycles. The van der Waals surface area contributed by atoms with E-state index in [2.05, 4.69) is 31.9 Å². The molecule has 0 radical (unpaired) electrons. The fraction of sp³-hybridized carbons (Fsp3) is 0.462. The number of rotatable bonds is 8. The number of carbonyl (C=O) groups is 1. The molecule has 1 rings (SSSR count). The van der Waals surface area contributed by atoms with Gasteiger partial charge in [-0.3, -0.25) is 4.79 Å². The van der Waals surface area contributed by atoms with E-state index in [1.807, 2.05) is 12.1 Å². The van der Waals surface area contributed by atoms with Crippen molar-refractivity contribution < 1.29 is 19.4 Å². The minimum absolute atomic E-state index is 0.220. The number of aliphatic carboxylic acids is 1. The van der Waals surface area contributed by atoms with E-state index < -0.39 is 5.97 Å². The van der Waals surface area contributed by atoms with Crippen LogP contribution in [0.25, 0.3) is 0 Å². The minimum Gasteiger partial charge on any atom is -0.496 e. The average Bonchev–Trinajstić information content (AvgIpc) is 2.36. The molecule has 0 aliphatic rings. The molecule has 0 saturated carbocycles. The molecule has 19 heavy (non-hydrogen) atoms. The molecule has 4 nitrogen and oxygen atoms in total. The van der Waals surface area contributed by atoms with Gasteiger partial charge in [0.15, 0.2) is 0 Å². The third kappa shape index (κ3) is 5.82. The summed E-state index contributed by atoms with van der Waals surface area (Å²) in [7, 11) is 1.61. The normalized spacial score (nSPS) is 10.3. The first-order valence-corrected chi connectivity index (χ1v) is 7.51. The van der Waals surface area contributed by atoms with Crippen molar-refractivity contribution in [2.24, 2.45) is 0 Å². The molecule has 1 N–H and O–H groups in total. The predicted octanol–water partition coefficient (Wildman–Crippen LogP) is 4.24. The lowest BCUT2D eigenvalue weighted by atomic mass is 10.2. The van der Waals surface area contributed by atoms with Crippen LogP contribution >= 0.6 is 31.9 Å². The number of carboxylic acid groups (broad SMARTS) is 1. The van der Waals surface area contributed by atoms with E-state index in [9.17, 15) is 4.79 Å². The van der Waals surface area contributed by atoms with E-state index in [-0.39, 0.29) is 6.42 Å². The van der Waals surface area contributed by atoms with Crippen LogP contribution in [0.4, 0.5) is 0 Å². The Morgan fingerprint density at radius 2 is 1.79 bits per heavy atom. The predicted molar refractivity (Wildman–Crippen MR) is 80.0 cm³/mol. The van der Waals surface area contributed by atoms with Crippen LogP contribution < -0.4 is 9.47 Å². The summed E-state index contributed by atoms with van der Waals surface area (Å²) >= 11 is 6.82. The maximum atomic E-state index is 10.3. The lowest BCUT2D eigenvalue weighted by Gasteiger charge is -2.11. The quantitative estimate of drug-likeness (QED) is 0.668. The van der Waals surface area contributed by atoms with Crippen molar-refractivity contribution in [1.82, 2.24) is 0 Å². The molecule has 6 heteroatoms. The monoisotopic (exact) mass is 394 g/mol. The first-order chi connectivity index (χ1) is 9.04. The van der Waals surface area contributed by atoms with Crippen LogP contribution in [-0.4, -0.2) is 24.8 Å². The van der Waals surface area contributed by atoms with Crippen LogP contribution in [-0.2, 0) is 4.79 Å². The second-order valence-electron chi connectivity index (χ2n) is 3.97. The largest absolute Gasteiger partial charge is 0.496 e. The Labute approximate surface area is 129 Å². The van der Waals surface area contributed by atoms with Crippen molar-refractivity contribution in [3.8, 4) is 11.5 Å². The molecular formula is C13H16Br2O4. The molecule has 0 spiro atoms. The standard InChI is InChI=1S/C13H16Br2O4/c1-18-11-7-10(15)12(8-9(11)14)19-6-4-2-3-5-13(16)17/h7-8H,2-6H2,1H3,(H,16,17). The Morgan fingerprint density at radius 1 is 1.16 bits per heavy atom. The topological polar surface area (TPSA) is 55.8 Å². The smallest absolute Gasteiger partial charge is 0.303 e. The maximum absolute atomic E-state index is 10.3. The summed E-state index contributed by atoms with van der Waals surface area (Å²) in [6.07, 6.45) is 2.59.